The zero-order valence-electron chi connectivity index (χ0n) is 12.8. The van der Waals surface area contributed by atoms with Crippen LogP contribution in [0.5, 0.6) is 0 Å². The highest BCUT2D eigenvalue weighted by molar-refractivity contribution is 5.76. The molecule has 3 N–H and O–H groups in total. The minimum absolute atomic E-state index is 0.113. The SMILES string of the molecule is O=C(N[C@@H]1[C@H]2Cc3ccccc3[C@H]21)N[C@H](CO)c1ccccc1. The molecule has 0 aromatic heterocycles. The second-order valence-corrected chi connectivity index (χ2v) is 6.38. The van der Waals surface area contributed by atoms with E-state index in [0.29, 0.717) is 11.8 Å². The van der Waals surface area contributed by atoms with E-state index in [1.807, 2.05) is 30.3 Å². The molecule has 2 aromatic rings. The summed E-state index contributed by atoms with van der Waals surface area (Å²) in [6.07, 6.45) is 1.05. The van der Waals surface area contributed by atoms with Crippen LogP contribution in [0.3, 0.4) is 0 Å². The summed E-state index contributed by atoms with van der Waals surface area (Å²) < 4.78 is 0. The number of rotatable bonds is 4. The summed E-state index contributed by atoms with van der Waals surface area (Å²) in [5.74, 6) is 0.990. The number of amides is 2. The zero-order chi connectivity index (χ0) is 15.8. The topological polar surface area (TPSA) is 61.4 Å². The van der Waals surface area contributed by atoms with E-state index in [0.717, 1.165) is 12.0 Å². The maximum Gasteiger partial charge on any atom is 0.315 e. The smallest absolute Gasteiger partial charge is 0.315 e. The van der Waals surface area contributed by atoms with Crippen molar-refractivity contribution >= 4 is 6.03 Å². The van der Waals surface area contributed by atoms with E-state index >= 15 is 0 Å². The lowest BCUT2D eigenvalue weighted by Gasteiger charge is -2.18. The van der Waals surface area contributed by atoms with Gasteiger partial charge in [0, 0.05) is 12.0 Å². The van der Waals surface area contributed by atoms with Crippen LogP contribution in [0.2, 0.25) is 0 Å². The Morgan fingerprint density at radius 2 is 1.87 bits per heavy atom. The van der Waals surface area contributed by atoms with Gasteiger partial charge >= 0.3 is 6.03 Å². The molecule has 0 radical (unpaired) electrons. The van der Waals surface area contributed by atoms with Crippen molar-refractivity contribution in [3.05, 3.63) is 71.3 Å². The van der Waals surface area contributed by atoms with Crippen LogP contribution >= 0.6 is 0 Å². The van der Waals surface area contributed by atoms with Gasteiger partial charge in [0.1, 0.15) is 0 Å². The average Bonchev–Trinajstić information content (AvgIpc) is 3.09. The quantitative estimate of drug-likeness (QED) is 0.812. The normalized spacial score (nSPS) is 25.2. The van der Waals surface area contributed by atoms with Gasteiger partial charge in [-0.15, -0.1) is 0 Å². The van der Waals surface area contributed by atoms with Crippen molar-refractivity contribution in [1.29, 1.82) is 0 Å². The lowest BCUT2D eigenvalue weighted by Crippen LogP contribution is -2.41. The first-order valence-electron chi connectivity index (χ1n) is 8.08. The molecule has 0 bridgehead atoms. The number of urea groups is 1. The van der Waals surface area contributed by atoms with Crippen LogP contribution in [0.15, 0.2) is 54.6 Å². The predicted molar refractivity (Wildman–Crippen MR) is 88.1 cm³/mol. The third-order valence-corrected chi connectivity index (χ3v) is 5.03. The highest BCUT2D eigenvalue weighted by atomic mass is 16.3. The van der Waals surface area contributed by atoms with Crippen molar-refractivity contribution in [3.63, 3.8) is 0 Å². The summed E-state index contributed by atoms with van der Waals surface area (Å²) in [5.41, 5.74) is 3.70. The van der Waals surface area contributed by atoms with Gasteiger partial charge in [-0.3, -0.25) is 0 Å². The van der Waals surface area contributed by atoms with Gasteiger partial charge < -0.3 is 15.7 Å². The first-order chi connectivity index (χ1) is 11.3. The van der Waals surface area contributed by atoms with Crippen molar-refractivity contribution in [3.8, 4) is 0 Å². The van der Waals surface area contributed by atoms with E-state index in [1.165, 1.54) is 11.1 Å². The number of nitrogens with one attached hydrogen (secondary N) is 2. The second-order valence-electron chi connectivity index (χ2n) is 6.38. The van der Waals surface area contributed by atoms with E-state index < -0.39 is 0 Å². The largest absolute Gasteiger partial charge is 0.394 e. The van der Waals surface area contributed by atoms with E-state index in [9.17, 15) is 9.90 Å². The van der Waals surface area contributed by atoms with Gasteiger partial charge in [0.05, 0.1) is 12.6 Å². The molecular weight excluding hydrogens is 288 g/mol. The molecule has 4 nitrogen and oxygen atoms in total. The molecule has 23 heavy (non-hydrogen) atoms. The number of aliphatic hydroxyl groups is 1. The van der Waals surface area contributed by atoms with Crippen LogP contribution in [0.1, 0.15) is 28.7 Å². The van der Waals surface area contributed by atoms with Gasteiger partial charge in [0.25, 0.3) is 0 Å². The van der Waals surface area contributed by atoms with Gasteiger partial charge in [0.15, 0.2) is 0 Å². The lowest BCUT2D eigenvalue weighted by atomic mass is 10.1. The number of fused-ring (bicyclic) bond motifs is 3. The van der Waals surface area contributed by atoms with Gasteiger partial charge in [0.2, 0.25) is 0 Å². The first kappa shape index (κ1) is 14.3. The molecule has 4 rings (SSSR count). The Bertz CT molecular complexity index is 716. The third kappa shape index (κ3) is 2.59. The summed E-state index contributed by atoms with van der Waals surface area (Å²) >= 11 is 0. The Morgan fingerprint density at radius 1 is 1.13 bits per heavy atom. The van der Waals surface area contributed by atoms with Crippen LogP contribution in [-0.4, -0.2) is 23.8 Å². The summed E-state index contributed by atoms with van der Waals surface area (Å²) in [7, 11) is 0. The van der Waals surface area contributed by atoms with Gasteiger partial charge in [-0.2, -0.15) is 0 Å². The average molecular weight is 308 g/mol. The fraction of sp³-hybridized carbons (Fsp3) is 0.316. The highest BCUT2D eigenvalue weighted by Gasteiger charge is 2.56. The molecule has 2 aromatic carbocycles. The molecule has 1 saturated carbocycles. The monoisotopic (exact) mass is 308 g/mol. The molecule has 0 unspecified atom stereocenters. The highest BCUT2D eigenvalue weighted by Crippen LogP contribution is 2.56. The molecule has 4 atom stereocenters. The molecule has 0 saturated heterocycles. The van der Waals surface area contributed by atoms with Crippen molar-refractivity contribution in [2.75, 3.05) is 6.61 Å². The van der Waals surface area contributed by atoms with Gasteiger partial charge in [-0.25, -0.2) is 4.79 Å². The minimum Gasteiger partial charge on any atom is -0.394 e. The summed E-state index contributed by atoms with van der Waals surface area (Å²) in [6.45, 7) is -0.113. The van der Waals surface area contributed by atoms with Crippen LogP contribution in [0.25, 0.3) is 0 Å². The number of hydrogen-bond acceptors (Lipinski definition) is 2. The van der Waals surface area contributed by atoms with Crippen LogP contribution in [0, 0.1) is 5.92 Å². The van der Waals surface area contributed by atoms with E-state index in [-0.39, 0.29) is 24.7 Å². The molecule has 118 valence electrons. The number of hydrogen-bond donors (Lipinski definition) is 3. The molecule has 2 aliphatic carbocycles. The number of carbonyl (C=O) groups is 1. The van der Waals surface area contributed by atoms with Crippen LogP contribution < -0.4 is 10.6 Å². The van der Waals surface area contributed by atoms with E-state index in [2.05, 4.69) is 34.9 Å². The second kappa shape index (κ2) is 5.70. The van der Waals surface area contributed by atoms with E-state index in [4.69, 9.17) is 0 Å². The van der Waals surface area contributed by atoms with Crippen molar-refractivity contribution < 1.29 is 9.90 Å². The molecule has 0 heterocycles. The third-order valence-electron chi connectivity index (χ3n) is 5.03. The minimum atomic E-state index is -0.373. The van der Waals surface area contributed by atoms with Crippen molar-refractivity contribution in [1.82, 2.24) is 10.6 Å². The number of carbonyl (C=O) groups excluding carboxylic acids is 1. The zero-order valence-corrected chi connectivity index (χ0v) is 12.8. The summed E-state index contributed by atoms with van der Waals surface area (Å²) in [6, 6.07) is 17.7. The maximum absolute atomic E-state index is 12.2. The number of aliphatic hydroxyl groups excluding tert-OH is 1. The molecular formula is C19H20N2O2. The Balaban J connectivity index is 1.37. The van der Waals surface area contributed by atoms with Crippen molar-refractivity contribution in [2.24, 2.45) is 5.92 Å². The Morgan fingerprint density at radius 3 is 2.65 bits per heavy atom. The number of benzene rings is 2. The lowest BCUT2D eigenvalue weighted by molar-refractivity contribution is 0.216. The Hall–Kier alpha value is -2.33. The van der Waals surface area contributed by atoms with Crippen LogP contribution in [-0.2, 0) is 6.42 Å². The molecule has 4 heteroatoms. The van der Waals surface area contributed by atoms with Crippen molar-refractivity contribution in [2.45, 2.75) is 24.4 Å². The summed E-state index contributed by atoms with van der Waals surface area (Å²) in [4.78, 5) is 12.2. The van der Waals surface area contributed by atoms with Crippen LogP contribution in [0.4, 0.5) is 4.79 Å². The first-order valence-corrected chi connectivity index (χ1v) is 8.08. The molecule has 0 aliphatic heterocycles. The molecule has 2 aliphatic rings. The van der Waals surface area contributed by atoms with Gasteiger partial charge in [-0.1, -0.05) is 54.6 Å². The maximum atomic E-state index is 12.2. The molecule has 1 fully saturated rings. The Labute approximate surface area is 135 Å². The van der Waals surface area contributed by atoms with E-state index in [1.54, 1.807) is 0 Å². The predicted octanol–water partition coefficient (Wildman–Crippen LogP) is 2.36. The standard InChI is InChI=1S/C19H20N2O2/c22-11-16(12-6-2-1-3-7-12)20-19(23)21-18-15-10-13-8-4-5-9-14(13)17(15)18/h1-9,15-18,22H,10-11H2,(H2,20,21,23)/t15-,16+,17+,18+/m0/s1. The molecule has 2 amide bonds. The summed E-state index contributed by atoms with van der Waals surface area (Å²) in [5, 5.41) is 15.5. The van der Waals surface area contributed by atoms with Gasteiger partial charge in [-0.05, 0) is 29.0 Å². The fourth-order valence-electron chi connectivity index (χ4n) is 3.82. The fourth-order valence-corrected chi connectivity index (χ4v) is 3.82. The molecule has 0 spiro atoms. The Kier molecular flexibility index (Phi) is 3.54.